The Morgan fingerprint density at radius 2 is 1.76 bits per heavy atom. The minimum Gasteiger partial charge on any atom is -0.492 e. The van der Waals surface area contributed by atoms with Gasteiger partial charge in [-0.3, -0.25) is 4.79 Å². The van der Waals surface area contributed by atoms with E-state index in [4.69, 9.17) is 26.4 Å². The number of hydrogen-bond acceptors (Lipinski definition) is 6. The number of aliphatic hydroxyl groups is 1. The van der Waals surface area contributed by atoms with Crippen LogP contribution < -0.4 is 10.1 Å². The Labute approximate surface area is 252 Å². The fourth-order valence-electron chi connectivity index (χ4n) is 5.53. The number of pyridine rings is 1. The van der Waals surface area contributed by atoms with Gasteiger partial charge in [-0.2, -0.15) is 0 Å². The van der Waals surface area contributed by atoms with Crippen molar-refractivity contribution >= 4 is 23.5 Å². The highest BCUT2D eigenvalue weighted by Crippen LogP contribution is 2.37. The van der Waals surface area contributed by atoms with E-state index in [0.29, 0.717) is 42.5 Å². The highest BCUT2D eigenvalue weighted by Gasteiger charge is 2.41. The van der Waals surface area contributed by atoms with E-state index in [0.717, 1.165) is 60.0 Å². The van der Waals surface area contributed by atoms with Gasteiger partial charge in [-0.1, -0.05) is 60.7 Å². The predicted octanol–water partition coefficient (Wildman–Crippen LogP) is 5.90. The molecular formula is C33H40ClN3O5. The molecule has 1 aliphatic carbocycles. The molecule has 0 aliphatic heterocycles. The van der Waals surface area contributed by atoms with Crippen molar-refractivity contribution in [2.45, 2.75) is 57.9 Å². The number of halogens is 1. The first-order valence-corrected chi connectivity index (χ1v) is 14.9. The van der Waals surface area contributed by atoms with Crippen molar-refractivity contribution in [3.8, 4) is 28.1 Å². The number of hydrogen-bond donors (Lipinski definition) is 3. The van der Waals surface area contributed by atoms with Gasteiger partial charge >= 0.3 is 5.97 Å². The van der Waals surface area contributed by atoms with Crippen molar-refractivity contribution in [2.75, 3.05) is 33.4 Å². The second-order valence-electron chi connectivity index (χ2n) is 11.2. The van der Waals surface area contributed by atoms with E-state index in [-0.39, 0.29) is 12.3 Å². The third-order valence-corrected chi connectivity index (χ3v) is 8.21. The number of nitrogens with zero attached hydrogens (tertiary/aromatic N) is 2. The average Bonchev–Trinajstić information content (AvgIpc) is 2.96. The maximum Gasteiger partial charge on any atom is 0.329 e. The number of amides is 1. The Hall–Kier alpha value is -3.46. The van der Waals surface area contributed by atoms with Crippen LogP contribution in [0.15, 0.2) is 48.5 Å². The largest absolute Gasteiger partial charge is 0.492 e. The van der Waals surface area contributed by atoms with Crippen LogP contribution in [0.2, 0.25) is 5.02 Å². The molecule has 0 spiro atoms. The lowest BCUT2D eigenvalue weighted by Crippen LogP contribution is -2.55. The predicted molar refractivity (Wildman–Crippen MR) is 165 cm³/mol. The van der Waals surface area contributed by atoms with Crippen LogP contribution in [0.3, 0.4) is 0 Å². The first-order chi connectivity index (χ1) is 20.1. The maximum absolute atomic E-state index is 13.5. The van der Waals surface area contributed by atoms with E-state index >= 15 is 0 Å². The molecule has 0 saturated heterocycles. The monoisotopic (exact) mass is 593 g/mol. The average molecular weight is 594 g/mol. The number of aromatic nitrogens is 1. The Morgan fingerprint density at radius 3 is 2.45 bits per heavy atom. The highest BCUT2D eigenvalue weighted by molar-refractivity contribution is 6.32. The molecule has 1 aliphatic rings. The third-order valence-electron chi connectivity index (χ3n) is 7.90. The molecule has 0 bridgehead atoms. The van der Waals surface area contributed by atoms with Gasteiger partial charge in [0.15, 0.2) is 0 Å². The van der Waals surface area contributed by atoms with Crippen LogP contribution in [-0.2, 0) is 4.79 Å². The normalized spacial score (nSPS) is 14.5. The van der Waals surface area contributed by atoms with Gasteiger partial charge in [0.2, 0.25) is 0 Å². The van der Waals surface area contributed by atoms with Crippen LogP contribution >= 0.6 is 11.6 Å². The van der Waals surface area contributed by atoms with Crippen molar-refractivity contribution in [3.05, 3.63) is 70.4 Å². The Balaban J connectivity index is 1.69. The van der Waals surface area contributed by atoms with Crippen LogP contribution in [-0.4, -0.2) is 70.9 Å². The standard InChI is InChI=1S/C33H40ClN3O5/c1-22-8-10-25(23(2)20-22)26-11-13-28(31(39)36-33(32(40)41)14-5-4-6-15-33)35-30(26)24-9-12-27(34)29(21-24)42-19-7-16-37(3)17-18-38/h8-13,20-21,38H,4-7,14-19H2,1-3H3,(H,36,39)(H,40,41). The highest BCUT2D eigenvalue weighted by atomic mass is 35.5. The van der Waals surface area contributed by atoms with Crippen LogP contribution in [0.25, 0.3) is 22.4 Å². The minimum absolute atomic E-state index is 0.107. The van der Waals surface area contributed by atoms with E-state index in [1.807, 2.05) is 56.1 Å². The zero-order valence-corrected chi connectivity index (χ0v) is 25.3. The van der Waals surface area contributed by atoms with Crippen LogP contribution in [0, 0.1) is 13.8 Å². The minimum atomic E-state index is -1.28. The van der Waals surface area contributed by atoms with E-state index in [1.54, 1.807) is 12.1 Å². The third kappa shape index (κ3) is 7.48. The van der Waals surface area contributed by atoms with E-state index in [9.17, 15) is 14.7 Å². The molecule has 0 unspecified atom stereocenters. The number of benzene rings is 2. The van der Waals surface area contributed by atoms with Gasteiger partial charge in [-0.25, -0.2) is 9.78 Å². The quantitative estimate of drug-likeness (QED) is 0.224. The van der Waals surface area contributed by atoms with Crippen LogP contribution in [0.1, 0.15) is 60.1 Å². The summed E-state index contributed by atoms with van der Waals surface area (Å²) in [6.07, 6.45) is 4.01. The topological polar surface area (TPSA) is 112 Å². The molecule has 1 aromatic heterocycles. The Kier molecular flexibility index (Phi) is 10.6. The number of likely N-dealkylation sites (N-methyl/N-ethyl adjacent to an activating group) is 1. The van der Waals surface area contributed by atoms with Gasteiger partial charge in [-0.15, -0.1) is 0 Å². The molecule has 3 aromatic rings. The molecule has 1 fully saturated rings. The number of rotatable bonds is 12. The summed E-state index contributed by atoms with van der Waals surface area (Å²) >= 11 is 6.50. The number of aliphatic carboxylic acids is 1. The van der Waals surface area contributed by atoms with Crippen LogP contribution in [0.4, 0.5) is 0 Å². The molecule has 3 N–H and O–H groups in total. The molecule has 2 aromatic carbocycles. The van der Waals surface area contributed by atoms with E-state index < -0.39 is 17.4 Å². The fraction of sp³-hybridized carbons (Fsp3) is 0.424. The molecule has 4 rings (SSSR count). The summed E-state index contributed by atoms with van der Waals surface area (Å²) in [6.45, 7) is 5.99. The second kappa shape index (κ2) is 14.1. The zero-order valence-electron chi connectivity index (χ0n) is 24.6. The molecule has 0 atom stereocenters. The van der Waals surface area contributed by atoms with Crippen molar-refractivity contribution in [1.82, 2.24) is 15.2 Å². The van der Waals surface area contributed by atoms with Crippen molar-refractivity contribution in [1.29, 1.82) is 0 Å². The smallest absolute Gasteiger partial charge is 0.329 e. The number of carbonyl (C=O) groups is 2. The van der Waals surface area contributed by atoms with E-state index in [1.165, 1.54) is 0 Å². The number of aryl methyl sites for hydroxylation is 2. The summed E-state index contributed by atoms with van der Waals surface area (Å²) in [6, 6.07) is 15.1. The lowest BCUT2D eigenvalue weighted by molar-refractivity contribution is -0.145. The summed E-state index contributed by atoms with van der Waals surface area (Å²) in [4.78, 5) is 32.5. The lowest BCUT2D eigenvalue weighted by atomic mass is 9.81. The number of aliphatic hydroxyl groups excluding tert-OH is 1. The zero-order chi connectivity index (χ0) is 30.3. The fourth-order valence-corrected chi connectivity index (χ4v) is 5.70. The van der Waals surface area contributed by atoms with Crippen LogP contribution in [0.5, 0.6) is 5.75 Å². The molecule has 42 heavy (non-hydrogen) atoms. The first kappa shape index (κ1) is 31.5. The number of carbonyl (C=O) groups excluding carboxylic acids is 1. The molecule has 1 heterocycles. The summed E-state index contributed by atoms with van der Waals surface area (Å²) in [7, 11) is 1.94. The summed E-state index contributed by atoms with van der Waals surface area (Å²) in [5, 5.41) is 22.4. The van der Waals surface area contributed by atoms with Gasteiger partial charge in [0, 0.05) is 24.2 Å². The second-order valence-corrected chi connectivity index (χ2v) is 11.6. The Morgan fingerprint density at radius 1 is 1.02 bits per heavy atom. The summed E-state index contributed by atoms with van der Waals surface area (Å²) in [5.74, 6) is -1.01. The molecule has 9 heteroatoms. The summed E-state index contributed by atoms with van der Waals surface area (Å²) < 4.78 is 6.04. The van der Waals surface area contributed by atoms with Gasteiger partial charge in [0.05, 0.1) is 23.9 Å². The molecule has 1 saturated carbocycles. The molecule has 1 amide bonds. The van der Waals surface area contributed by atoms with Crippen molar-refractivity contribution < 1.29 is 24.5 Å². The van der Waals surface area contributed by atoms with Gasteiger partial charge in [-0.05, 0) is 75.5 Å². The lowest BCUT2D eigenvalue weighted by Gasteiger charge is -2.33. The SMILES string of the molecule is Cc1ccc(-c2ccc(C(=O)NC3(C(=O)O)CCCCC3)nc2-c2ccc(Cl)c(OCCCN(C)CCO)c2)c(C)c1. The summed E-state index contributed by atoms with van der Waals surface area (Å²) in [5.41, 5.74) is 4.19. The number of carboxylic acid groups (broad SMARTS) is 1. The molecule has 224 valence electrons. The molecule has 0 radical (unpaired) electrons. The van der Waals surface area contributed by atoms with Gasteiger partial charge in [0.1, 0.15) is 17.0 Å². The van der Waals surface area contributed by atoms with E-state index in [2.05, 4.69) is 11.4 Å². The van der Waals surface area contributed by atoms with Gasteiger partial charge < -0.3 is 25.2 Å². The molecule has 8 nitrogen and oxygen atoms in total. The van der Waals surface area contributed by atoms with Crippen molar-refractivity contribution in [2.24, 2.45) is 0 Å². The Bertz CT molecular complexity index is 1420. The number of ether oxygens (including phenoxy) is 1. The maximum atomic E-state index is 13.5. The van der Waals surface area contributed by atoms with Gasteiger partial charge in [0.25, 0.3) is 5.91 Å². The number of nitrogens with one attached hydrogen (secondary N) is 1. The molecular weight excluding hydrogens is 554 g/mol. The van der Waals surface area contributed by atoms with Crippen molar-refractivity contribution in [3.63, 3.8) is 0 Å². The number of carboxylic acids is 1. The first-order valence-electron chi connectivity index (χ1n) is 14.5.